The normalized spacial score (nSPS) is 19.6. The first-order valence-electron chi connectivity index (χ1n) is 13.6. The van der Waals surface area contributed by atoms with E-state index in [2.05, 4.69) is 47.0 Å². The standard InChI is InChI=1S/C30H34N4O2S2/c1-7-25-21(17-31-19-23-5-3-15-35-23)9-11-27(29(25)33-13-1)37-38-28-12-10-22(26-8-2-14-34-30(26)28)18-32-20-24-6-4-16-36-24/h1-2,7-14,23-24,31-32H,3-6,15-20H2. The number of nitrogens with zero attached hydrogens (tertiary/aromatic N) is 2. The highest BCUT2D eigenvalue weighted by molar-refractivity contribution is 8.76. The Morgan fingerprint density at radius 3 is 1.63 bits per heavy atom. The molecule has 8 heteroatoms. The van der Waals surface area contributed by atoms with Crippen LogP contribution in [-0.2, 0) is 22.6 Å². The van der Waals surface area contributed by atoms with Crippen molar-refractivity contribution in [3.8, 4) is 0 Å². The highest BCUT2D eigenvalue weighted by Gasteiger charge is 2.17. The van der Waals surface area contributed by atoms with Gasteiger partial charge in [0.25, 0.3) is 0 Å². The van der Waals surface area contributed by atoms with Crippen molar-refractivity contribution < 1.29 is 9.47 Å². The van der Waals surface area contributed by atoms with Crippen LogP contribution in [0.1, 0.15) is 36.8 Å². The summed E-state index contributed by atoms with van der Waals surface area (Å²) < 4.78 is 11.5. The van der Waals surface area contributed by atoms with Crippen molar-refractivity contribution in [2.45, 2.75) is 60.8 Å². The molecule has 0 spiro atoms. The number of hydrogen-bond donors (Lipinski definition) is 2. The van der Waals surface area contributed by atoms with Gasteiger partial charge in [-0.1, -0.05) is 45.9 Å². The summed E-state index contributed by atoms with van der Waals surface area (Å²) in [5.41, 5.74) is 4.64. The van der Waals surface area contributed by atoms with Crippen molar-refractivity contribution in [3.63, 3.8) is 0 Å². The molecule has 2 N–H and O–H groups in total. The lowest BCUT2D eigenvalue weighted by Gasteiger charge is -2.14. The van der Waals surface area contributed by atoms with Gasteiger partial charge in [-0.25, -0.2) is 0 Å². The molecule has 6 nitrogen and oxygen atoms in total. The van der Waals surface area contributed by atoms with E-state index in [1.807, 2.05) is 24.5 Å². The SMILES string of the molecule is c1cnc2c(SSc3ccc(CNCC4CCCO4)c4cccnc34)ccc(CNCC3CCCO3)c2c1. The van der Waals surface area contributed by atoms with Crippen LogP contribution in [0.2, 0.25) is 0 Å². The van der Waals surface area contributed by atoms with E-state index >= 15 is 0 Å². The van der Waals surface area contributed by atoms with Gasteiger partial charge in [-0.3, -0.25) is 9.97 Å². The third kappa shape index (κ3) is 6.17. The Morgan fingerprint density at radius 1 is 0.684 bits per heavy atom. The number of hydrogen-bond acceptors (Lipinski definition) is 8. The molecule has 2 unspecified atom stereocenters. The van der Waals surface area contributed by atoms with Crippen LogP contribution in [0, 0.1) is 0 Å². The molecule has 0 bridgehead atoms. The van der Waals surface area contributed by atoms with Crippen LogP contribution >= 0.6 is 21.6 Å². The zero-order valence-electron chi connectivity index (χ0n) is 21.5. The Morgan fingerprint density at radius 2 is 1.18 bits per heavy atom. The molecule has 2 atom stereocenters. The smallest absolute Gasteiger partial charge is 0.0849 e. The predicted octanol–water partition coefficient (Wildman–Crippen LogP) is 6.12. The lowest BCUT2D eigenvalue weighted by atomic mass is 10.1. The van der Waals surface area contributed by atoms with Crippen LogP contribution in [-0.4, -0.2) is 48.5 Å². The fourth-order valence-corrected chi connectivity index (χ4v) is 7.55. The van der Waals surface area contributed by atoms with Crippen LogP contribution in [0.5, 0.6) is 0 Å². The maximum Gasteiger partial charge on any atom is 0.0849 e. The topological polar surface area (TPSA) is 68.3 Å². The fourth-order valence-electron chi connectivity index (χ4n) is 5.29. The second-order valence-electron chi connectivity index (χ2n) is 9.94. The highest BCUT2D eigenvalue weighted by atomic mass is 33.1. The molecule has 2 aliphatic rings. The van der Waals surface area contributed by atoms with Crippen LogP contribution < -0.4 is 10.6 Å². The van der Waals surface area contributed by atoms with E-state index in [4.69, 9.17) is 19.4 Å². The van der Waals surface area contributed by atoms with Crippen molar-refractivity contribution in [3.05, 3.63) is 72.1 Å². The molecule has 2 aromatic carbocycles. The quantitative estimate of drug-likeness (QED) is 0.218. The second kappa shape index (κ2) is 12.8. The van der Waals surface area contributed by atoms with Crippen LogP contribution in [0.25, 0.3) is 21.8 Å². The molecule has 2 aromatic heterocycles. The van der Waals surface area contributed by atoms with Gasteiger partial charge in [-0.05, 0) is 61.1 Å². The van der Waals surface area contributed by atoms with E-state index in [9.17, 15) is 0 Å². The third-order valence-electron chi connectivity index (χ3n) is 7.29. The van der Waals surface area contributed by atoms with Gasteiger partial charge in [0.1, 0.15) is 0 Å². The Bertz CT molecular complexity index is 1270. The monoisotopic (exact) mass is 546 g/mol. The first-order chi connectivity index (χ1) is 18.8. The van der Waals surface area contributed by atoms with Crippen molar-refractivity contribution >= 4 is 43.4 Å². The Kier molecular flexibility index (Phi) is 8.75. The van der Waals surface area contributed by atoms with E-state index in [0.29, 0.717) is 12.2 Å². The van der Waals surface area contributed by atoms with Gasteiger partial charge in [0, 0.05) is 72.3 Å². The molecule has 0 amide bonds. The molecule has 4 heterocycles. The van der Waals surface area contributed by atoms with E-state index in [-0.39, 0.29) is 0 Å². The van der Waals surface area contributed by atoms with Gasteiger partial charge in [0.05, 0.1) is 23.2 Å². The average molecular weight is 547 g/mol. The molecule has 38 heavy (non-hydrogen) atoms. The van der Waals surface area contributed by atoms with Crippen LogP contribution in [0.15, 0.2) is 70.7 Å². The van der Waals surface area contributed by atoms with Crippen molar-refractivity contribution in [2.24, 2.45) is 0 Å². The number of ether oxygens (including phenoxy) is 2. The Hall–Kier alpha value is -2.20. The van der Waals surface area contributed by atoms with Gasteiger partial charge in [0.2, 0.25) is 0 Å². The first-order valence-corrected chi connectivity index (χ1v) is 15.7. The summed E-state index contributed by atoms with van der Waals surface area (Å²) in [6.45, 7) is 5.21. The molecule has 0 saturated carbocycles. The van der Waals surface area contributed by atoms with E-state index in [1.54, 1.807) is 21.6 Å². The molecule has 2 saturated heterocycles. The minimum Gasteiger partial charge on any atom is -0.377 e. The third-order valence-corrected chi connectivity index (χ3v) is 9.72. The number of pyridine rings is 2. The lowest BCUT2D eigenvalue weighted by Crippen LogP contribution is -2.25. The summed E-state index contributed by atoms with van der Waals surface area (Å²) in [6.07, 6.45) is 9.10. The molecule has 6 rings (SSSR count). The lowest BCUT2D eigenvalue weighted by molar-refractivity contribution is 0.110. The largest absolute Gasteiger partial charge is 0.377 e. The van der Waals surface area contributed by atoms with Crippen molar-refractivity contribution in [1.82, 2.24) is 20.6 Å². The van der Waals surface area contributed by atoms with Gasteiger partial charge >= 0.3 is 0 Å². The zero-order chi connectivity index (χ0) is 25.6. The van der Waals surface area contributed by atoms with Gasteiger partial charge in [0.15, 0.2) is 0 Å². The van der Waals surface area contributed by atoms with Gasteiger partial charge in [-0.15, -0.1) is 0 Å². The molecular weight excluding hydrogens is 512 g/mol. The number of aromatic nitrogens is 2. The molecule has 0 aliphatic carbocycles. The molecule has 2 aliphatic heterocycles. The Labute approximate surface area is 232 Å². The zero-order valence-corrected chi connectivity index (χ0v) is 23.2. The molecule has 0 radical (unpaired) electrons. The number of nitrogens with one attached hydrogen (secondary N) is 2. The molecular formula is C30H34N4O2S2. The summed E-state index contributed by atoms with van der Waals surface area (Å²) in [7, 11) is 3.51. The number of benzene rings is 2. The van der Waals surface area contributed by atoms with Gasteiger partial charge in [-0.2, -0.15) is 0 Å². The van der Waals surface area contributed by atoms with E-state index in [0.717, 1.165) is 63.3 Å². The number of rotatable bonds is 11. The molecule has 4 aromatic rings. The van der Waals surface area contributed by atoms with E-state index < -0.39 is 0 Å². The second-order valence-corrected chi connectivity index (χ2v) is 12.2. The van der Waals surface area contributed by atoms with Gasteiger partial charge < -0.3 is 20.1 Å². The van der Waals surface area contributed by atoms with Crippen LogP contribution in [0.3, 0.4) is 0 Å². The summed E-state index contributed by atoms with van der Waals surface area (Å²) in [5, 5.41) is 9.57. The number of fused-ring (bicyclic) bond motifs is 2. The summed E-state index contributed by atoms with van der Waals surface area (Å²) in [4.78, 5) is 11.9. The molecule has 198 valence electrons. The van der Waals surface area contributed by atoms with Crippen molar-refractivity contribution in [2.75, 3.05) is 26.3 Å². The minimum atomic E-state index is 0.345. The Balaban J connectivity index is 1.15. The average Bonchev–Trinajstić information content (AvgIpc) is 3.68. The minimum absolute atomic E-state index is 0.345. The van der Waals surface area contributed by atoms with E-state index in [1.165, 1.54) is 44.5 Å². The predicted molar refractivity (Wildman–Crippen MR) is 157 cm³/mol. The van der Waals surface area contributed by atoms with Crippen LogP contribution in [0.4, 0.5) is 0 Å². The highest BCUT2D eigenvalue weighted by Crippen LogP contribution is 2.43. The maximum absolute atomic E-state index is 5.75. The summed E-state index contributed by atoms with van der Waals surface area (Å²) in [5.74, 6) is 0. The summed E-state index contributed by atoms with van der Waals surface area (Å²) >= 11 is 0. The maximum atomic E-state index is 5.75. The molecule has 2 fully saturated rings. The fraction of sp³-hybridized carbons (Fsp3) is 0.400. The van der Waals surface area contributed by atoms with Crippen molar-refractivity contribution in [1.29, 1.82) is 0 Å². The summed E-state index contributed by atoms with van der Waals surface area (Å²) in [6, 6.07) is 17.3. The first kappa shape index (κ1) is 26.0.